The molecule has 2 nitrogen and oxygen atoms in total. The van der Waals surface area contributed by atoms with Gasteiger partial charge in [-0.3, -0.25) is 0 Å². The largest absolute Gasteiger partial charge is 0.456 e. The van der Waals surface area contributed by atoms with Crippen LogP contribution in [0.5, 0.6) is 0 Å². The fourth-order valence-electron chi connectivity index (χ4n) is 7.67. The molecule has 0 spiro atoms. The molecule has 2 heterocycles. The van der Waals surface area contributed by atoms with Crippen molar-refractivity contribution >= 4 is 81.3 Å². The summed E-state index contributed by atoms with van der Waals surface area (Å²) in [6.07, 6.45) is 0. The number of fused-ring (bicyclic) bond motifs is 7. The smallest absolute Gasteiger partial charge is 0.135 e. The summed E-state index contributed by atoms with van der Waals surface area (Å²) in [5.74, 6) is 0. The van der Waals surface area contributed by atoms with Crippen LogP contribution in [0.4, 0.5) is 17.1 Å². The van der Waals surface area contributed by atoms with E-state index in [1.807, 2.05) is 24.3 Å². The van der Waals surface area contributed by atoms with E-state index in [1.165, 1.54) is 30.9 Å². The van der Waals surface area contributed by atoms with Gasteiger partial charge >= 0.3 is 0 Å². The topological polar surface area (TPSA) is 16.4 Å². The third-order valence-electron chi connectivity index (χ3n) is 10.3. The molecule has 0 N–H and O–H groups in total. The van der Waals surface area contributed by atoms with Crippen molar-refractivity contribution in [3.05, 3.63) is 200 Å². The summed E-state index contributed by atoms with van der Waals surface area (Å²) in [6.45, 7) is 0. The summed E-state index contributed by atoms with van der Waals surface area (Å²) in [5, 5.41) is 4.93. The van der Waals surface area contributed by atoms with Crippen LogP contribution in [0.1, 0.15) is 9.60 Å². The molecule has 0 bridgehead atoms. The van der Waals surface area contributed by atoms with E-state index in [2.05, 4.69) is 132 Å². The van der Waals surface area contributed by atoms with Gasteiger partial charge in [-0.05, 0) is 117 Å². The van der Waals surface area contributed by atoms with Crippen LogP contribution in [-0.2, 0) is 0 Å². The predicted molar refractivity (Wildman–Crippen MR) is 235 cm³/mol. The Morgan fingerprint density at radius 3 is 1.96 bits per heavy atom. The summed E-state index contributed by atoms with van der Waals surface area (Å²) < 4.78 is 69.6. The molecular formula is C52H33NOS. The van der Waals surface area contributed by atoms with Crippen molar-refractivity contribution in [1.29, 1.82) is 0 Å². The minimum absolute atomic E-state index is 0.0289. The van der Waals surface area contributed by atoms with Gasteiger partial charge in [0, 0.05) is 48.0 Å². The van der Waals surface area contributed by atoms with Gasteiger partial charge in [0.05, 0.1) is 9.60 Å². The standard InChI is InChI=1S/C52H33NOS/c1-2-13-43-35(9-1)10-8-16-44(43)36-21-27-41(28-22-36)53(40-25-19-34(20-26-40)38-24-30-52-48(33-38)46-15-4-6-18-51(46)55-52)42-12-7-11-37(31-42)39-23-29-50-47(32-39)45-14-3-5-17-49(45)54-50/h1-33H/i3D,5D,14D,17D,23D,29D,32D. The number of thiophene rings is 1. The molecule has 0 amide bonds. The first-order valence-electron chi connectivity index (χ1n) is 21.6. The number of rotatable bonds is 6. The first-order valence-corrected chi connectivity index (χ1v) is 18.9. The van der Waals surface area contributed by atoms with Crippen LogP contribution in [0.2, 0.25) is 0 Å². The van der Waals surface area contributed by atoms with Gasteiger partial charge < -0.3 is 9.32 Å². The molecule has 0 aliphatic carbocycles. The number of anilines is 3. The first-order chi connectivity index (χ1) is 30.2. The Balaban J connectivity index is 1.06. The molecule has 0 saturated carbocycles. The van der Waals surface area contributed by atoms with Crippen LogP contribution in [-0.4, -0.2) is 0 Å². The average Bonchev–Trinajstić information content (AvgIpc) is 3.90. The lowest BCUT2D eigenvalue weighted by Gasteiger charge is -2.26. The number of nitrogens with zero attached hydrogens (tertiary/aromatic N) is 1. The number of furan rings is 1. The van der Waals surface area contributed by atoms with Crippen molar-refractivity contribution in [2.45, 2.75) is 0 Å². The normalized spacial score (nSPS) is 13.4. The maximum Gasteiger partial charge on any atom is 0.135 e. The van der Waals surface area contributed by atoms with E-state index in [0.717, 1.165) is 39.3 Å². The molecule has 11 rings (SSSR count). The predicted octanol–water partition coefficient (Wildman–Crippen LogP) is 15.6. The van der Waals surface area contributed by atoms with Crippen molar-refractivity contribution in [1.82, 2.24) is 0 Å². The molecule has 0 radical (unpaired) electrons. The fourth-order valence-corrected chi connectivity index (χ4v) is 8.76. The lowest BCUT2D eigenvalue weighted by Crippen LogP contribution is -2.10. The molecule has 0 aliphatic rings. The van der Waals surface area contributed by atoms with E-state index < -0.39 is 12.1 Å². The Hall–Kier alpha value is -6.94. The summed E-state index contributed by atoms with van der Waals surface area (Å²) in [7, 11) is 0. The van der Waals surface area contributed by atoms with Crippen LogP contribution in [0, 0.1) is 0 Å². The van der Waals surface area contributed by atoms with E-state index in [9.17, 15) is 1.37 Å². The number of benzene rings is 9. The van der Waals surface area contributed by atoms with Crippen molar-refractivity contribution < 1.29 is 14.0 Å². The first kappa shape index (κ1) is 25.1. The highest BCUT2D eigenvalue weighted by atomic mass is 32.1. The van der Waals surface area contributed by atoms with E-state index in [-0.39, 0.29) is 57.7 Å². The third kappa shape index (κ3) is 5.48. The van der Waals surface area contributed by atoms with Crippen LogP contribution < -0.4 is 4.90 Å². The maximum atomic E-state index is 9.43. The maximum absolute atomic E-state index is 9.43. The summed E-state index contributed by atoms with van der Waals surface area (Å²) in [4.78, 5) is 2.13. The molecule has 11 aromatic rings. The Labute approximate surface area is 332 Å². The molecule has 0 atom stereocenters. The Morgan fingerprint density at radius 2 is 1.09 bits per heavy atom. The zero-order chi connectivity index (χ0) is 42.4. The van der Waals surface area contributed by atoms with E-state index in [4.69, 9.17) is 12.6 Å². The molecule has 0 aliphatic heterocycles. The molecular weight excluding hydrogens is 687 g/mol. The van der Waals surface area contributed by atoms with Gasteiger partial charge in [-0.2, -0.15) is 0 Å². The van der Waals surface area contributed by atoms with Crippen molar-refractivity contribution in [2.24, 2.45) is 0 Å². The highest BCUT2D eigenvalue weighted by molar-refractivity contribution is 7.25. The van der Waals surface area contributed by atoms with Gasteiger partial charge in [-0.15, -0.1) is 11.3 Å². The molecule has 55 heavy (non-hydrogen) atoms. The van der Waals surface area contributed by atoms with Crippen molar-refractivity contribution in [2.75, 3.05) is 4.90 Å². The minimum atomic E-state index is -0.464. The Kier molecular flexibility index (Phi) is 5.89. The molecule has 2 aromatic heterocycles. The van der Waals surface area contributed by atoms with Crippen molar-refractivity contribution in [3.63, 3.8) is 0 Å². The van der Waals surface area contributed by atoms with Gasteiger partial charge in [0.1, 0.15) is 11.2 Å². The van der Waals surface area contributed by atoms with Crippen LogP contribution in [0.3, 0.4) is 0 Å². The monoisotopic (exact) mass is 726 g/mol. The van der Waals surface area contributed by atoms with Crippen LogP contribution in [0.15, 0.2) is 204 Å². The highest BCUT2D eigenvalue weighted by Gasteiger charge is 2.16. The minimum Gasteiger partial charge on any atom is -0.456 e. The number of hydrogen-bond acceptors (Lipinski definition) is 3. The quantitative estimate of drug-likeness (QED) is 0.170. The second-order valence-corrected chi connectivity index (χ2v) is 14.7. The Morgan fingerprint density at radius 1 is 0.418 bits per heavy atom. The van der Waals surface area contributed by atoms with Gasteiger partial charge in [-0.25, -0.2) is 0 Å². The van der Waals surface area contributed by atoms with Gasteiger partial charge in [0.2, 0.25) is 0 Å². The number of para-hydroxylation sites is 1. The van der Waals surface area contributed by atoms with Gasteiger partial charge in [0.25, 0.3) is 0 Å². The summed E-state index contributed by atoms with van der Waals surface area (Å²) in [6, 6.07) is 51.9. The molecule has 0 unspecified atom stereocenters. The van der Waals surface area contributed by atoms with Crippen LogP contribution >= 0.6 is 11.3 Å². The lowest BCUT2D eigenvalue weighted by atomic mass is 9.98. The zero-order valence-electron chi connectivity index (χ0n) is 36.3. The molecule has 3 heteroatoms. The van der Waals surface area contributed by atoms with E-state index in [0.29, 0.717) is 5.56 Å². The van der Waals surface area contributed by atoms with Crippen LogP contribution in [0.25, 0.3) is 86.3 Å². The highest BCUT2D eigenvalue weighted by Crippen LogP contribution is 2.41. The molecule has 258 valence electrons. The second-order valence-electron chi connectivity index (χ2n) is 13.6. The lowest BCUT2D eigenvalue weighted by molar-refractivity contribution is 0.669. The van der Waals surface area contributed by atoms with Gasteiger partial charge in [-0.1, -0.05) is 127 Å². The van der Waals surface area contributed by atoms with E-state index >= 15 is 0 Å². The molecule has 9 aromatic carbocycles. The Bertz CT molecular complexity index is 3610. The molecule has 0 fully saturated rings. The summed E-state index contributed by atoms with van der Waals surface area (Å²) in [5.41, 5.74) is 7.35. The van der Waals surface area contributed by atoms with Gasteiger partial charge in [0.15, 0.2) is 0 Å². The second kappa shape index (κ2) is 12.9. The summed E-state index contributed by atoms with van der Waals surface area (Å²) >= 11 is 1.80. The SMILES string of the molecule is [2H]c1c([2H])c([2H])c2c(oc3c([2H])c([2H])c(-c4cccc(N(c5ccc(-c6ccc7sc8ccccc8c7c6)cc5)c5ccc(-c6cccc7ccccc67)cc5)c4)c([2H])c32)c1[2H]. The molecule has 0 saturated heterocycles. The number of hydrogen-bond donors (Lipinski definition) is 0. The average molecular weight is 727 g/mol. The van der Waals surface area contributed by atoms with E-state index in [1.54, 1.807) is 17.4 Å². The third-order valence-corrected chi connectivity index (χ3v) is 11.5. The zero-order valence-corrected chi connectivity index (χ0v) is 30.1. The fraction of sp³-hybridized carbons (Fsp3) is 0. The van der Waals surface area contributed by atoms with Crippen molar-refractivity contribution in [3.8, 4) is 33.4 Å².